The lowest BCUT2D eigenvalue weighted by atomic mass is 9.97. The number of phosphoric acid groups is 1. The van der Waals surface area contributed by atoms with E-state index in [2.05, 4.69) is 9.26 Å². The Morgan fingerprint density at radius 2 is 1.14 bits per heavy atom. The highest BCUT2D eigenvalue weighted by Crippen LogP contribution is 2.38. The zero-order valence-electron chi connectivity index (χ0n) is 27.4. The molecule has 0 amide bonds. The summed E-state index contributed by atoms with van der Waals surface area (Å²) in [5, 5.41) is 93.3. The number of aliphatic hydroxyl groups excluding tert-OH is 9. The van der Waals surface area contributed by atoms with Gasteiger partial charge < -0.3 is 88.9 Å². The first-order valence-corrected chi connectivity index (χ1v) is 17.8. The van der Waals surface area contributed by atoms with Gasteiger partial charge in [-0.25, -0.2) is 4.57 Å². The topological polar surface area (TPSA) is 331 Å². The second-order valence-electron chi connectivity index (χ2n) is 12.3. The SMILES string of the molecule is COC(=O)CCCCCCCCO[C@@H]1O[C@H](CO[C@H]2O[C@@H](COP(=O)(O)O)[C@H](O)[C@@H](O)[C@@H]2O[C@H]2O[C@@H](CO)[C@H](O)[C@@H](O)[C@@H]2O)[C@@H](O)[C@H](O)[C@H]1O. The molecule has 0 aromatic rings. The molecule has 50 heavy (non-hydrogen) atoms. The Labute approximate surface area is 287 Å². The minimum absolute atomic E-state index is 0.117. The van der Waals surface area contributed by atoms with Gasteiger partial charge in [0.05, 0.1) is 26.9 Å². The molecule has 0 aliphatic carbocycles. The van der Waals surface area contributed by atoms with Crippen LogP contribution >= 0.6 is 7.82 Å². The standard InChI is InChI=1S/C28H51O21P/c1-42-16(30)8-6-4-2-3-5-7-9-43-26-23(37)21(35)18(32)14(47-26)11-44-28-25(22(36)19(33)15(48-28)12-45-50(39,40)41)49-27-24(38)20(34)17(31)13(10-29)46-27/h13-15,17-29,31-38H,2-12H2,1H3,(H2,39,40,41)/t13-,14+,15-,17-,18+,19-,20+,21-,22+,23+,24-,25-,26+,27+,28-/m0/s1. The third-order valence-electron chi connectivity index (χ3n) is 8.57. The van der Waals surface area contributed by atoms with Gasteiger partial charge in [-0.3, -0.25) is 9.32 Å². The van der Waals surface area contributed by atoms with E-state index in [9.17, 15) is 55.3 Å². The number of aliphatic hydroxyl groups is 9. The minimum Gasteiger partial charge on any atom is -0.469 e. The molecular formula is C28H51O21P. The maximum absolute atomic E-state index is 11.3. The van der Waals surface area contributed by atoms with Crippen LogP contribution in [0.25, 0.3) is 0 Å². The zero-order valence-corrected chi connectivity index (χ0v) is 28.3. The summed E-state index contributed by atoms with van der Waals surface area (Å²) in [7, 11) is -3.74. The van der Waals surface area contributed by atoms with Crippen molar-refractivity contribution in [3.05, 3.63) is 0 Å². The lowest BCUT2D eigenvalue weighted by Gasteiger charge is -2.46. The van der Waals surface area contributed by atoms with E-state index in [4.69, 9.17) is 38.2 Å². The first-order chi connectivity index (χ1) is 23.6. The normalized spacial score (nSPS) is 39.7. The zero-order chi connectivity index (χ0) is 37.2. The van der Waals surface area contributed by atoms with Gasteiger partial charge in [-0.1, -0.05) is 25.7 Å². The quantitative estimate of drug-likeness (QED) is 0.0336. The van der Waals surface area contributed by atoms with Gasteiger partial charge in [0.1, 0.15) is 73.2 Å². The van der Waals surface area contributed by atoms with Crippen molar-refractivity contribution in [2.24, 2.45) is 0 Å². The van der Waals surface area contributed by atoms with Gasteiger partial charge in [-0.05, 0) is 12.8 Å². The fraction of sp³-hybridized carbons (Fsp3) is 0.964. The molecule has 0 bridgehead atoms. The van der Waals surface area contributed by atoms with Crippen molar-refractivity contribution in [1.29, 1.82) is 0 Å². The van der Waals surface area contributed by atoms with E-state index in [1.807, 2.05) is 0 Å². The summed E-state index contributed by atoms with van der Waals surface area (Å²) in [5.41, 5.74) is 0. The maximum atomic E-state index is 11.3. The first-order valence-electron chi connectivity index (χ1n) is 16.3. The van der Waals surface area contributed by atoms with Crippen LogP contribution in [-0.4, -0.2) is 187 Å². The molecule has 0 spiro atoms. The van der Waals surface area contributed by atoms with Crippen molar-refractivity contribution in [3.63, 3.8) is 0 Å². The minimum atomic E-state index is -5.07. The highest BCUT2D eigenvalue weighted by atomic mass is 31.2. The molecule has 294 valence electrons. The van der Waals surface area contributed by atoms with E-state index >= 15 is 0 Å². The molecular weight excluding hydrogens is 703 g/mol. The van der Waals surface area contributed by atoms with Crippen LogP contribution in [-0.2, 0) is 47.0 Å². The Morgan fingerprint density at radius 1 is 0.620 bits per heavy atom. The fourth-order valence-electron chi connectivity index (χ4n) is 5.59. The van der Waals surface area contributed by atoms with Crippen molar-refractivity contribution < 1.29 is 103 Å². The number of methoxy groups -OCH3 is 1. The molecule has 3 aliphatic heterocycles. The molecule has 3 fully saturated rings. The molecule has 3 aliphatic rings. The summed E-state index contributed by atoms with van der Waals surface area (Å²) in [6.45, 7) is -2.31. The van der Waals surface area contributed by atoms with Gasteiger partial charge in [0.2, 0.25) is 0 Å². The molecule has 15 atom stereocenters. The molecule has 3 saturated heterocycles. The molecule has 3 rings (SSSR count). The van der Waals surface area contributed by atoms with Crippen LogP contribution in [0.5, 0.6) is 0 Å². The Hall–Kier alpha value is -1.02. The second-order valence-corrected chi connectivity index (χ2v) is 13.5. The molecule has 0 aromatic carbocycles. The van der Waals surface area contributed by atoms with Gasteiger partial charge >= 0.3 is 13.8 Å². The van der Waals surface area contributed by atoms with E-state index in [1.54, 1.807) is 0 Å². The number of carbonyl (C=O) groups excluding carboxylic acids is 1. The van der Waals surface area contributed by atoms with Crippen LogP contribution in [0, 0.1) is 0 Å². The molecule has 21 nitrogen and oxygen atoms in total. The third-order valence-corrected chi connectivity index (χ3v) is 9.05. The predicted molar refractivity (Wildman–Crippen MR) is 160 cm³/mol. The molecule has 0 aromatic heterocycles. The maximum Gasteiger partial charge on any atom is 0.469 e. The van der Waals surface area contributed by atoms with Crippen LogP contribution in [0.15, 0.2) is 0 Å². The number of esters is 1. The Bertz CT molecular complexity index is 1050. The highest BCUT2D eigenvalue weighted by molar-refractivity contribution is 7.46. The fourth-order valence-corrected chi connectivity index (χ4v) is 5.93. The Kier molecular flexibility index (Phi) is 17.7. The Balaban J connectivity index is 1.63. The second kappa shape index (κ2) is 20.4. The van der Waals surface area contributed by atoms with E-state index < -0.39 is 120 Å². The van der Waals surface area contributed by atoms with Gasteiger partial charge in [0, 0.05) is 13.0 Å². The van der Waals surface area contributed by atoms with E-state index in [-0.39, 0.29) is 12.6 Å². The number of ether oxygens (including phenoxy) is 7. The van der Waals surface area contributed by atoms with Gasteiger partial charge in [0.25, 0.3) is 0 Å². The summed E-state index contributed by atoms with van der Waals surface area (Å²) < 4.78 is 53.7. The van der Waals surface area contributed by atoms with Crippen molar-refractivity contribution in [2.75, 3.05) is 33.5 Å². The highest BCUT2D eigenvalue weighted by Gasteiger charge is 2.52. The van der Waals surface area contributed by atoms with Crippen LogP contribution in [0.4, 0.5) is 0 Å². The lowest BCUT2D eigenvalue weighted by molar-refractivity contribution is -0.372. The molecule has 0 radical (unpaired) electrons. The van der Waals surface area contributed by atoms with Gasteiger partial charge in [0.15, 0.2) is 18.9 Å². The largest absolute Gasteiger partial charge is 0.469 e. The van der Waals surface area contributed by atoms with Crippen LogP contribution < -0.4 is 0 Å². The monoisotopic (exact) mass is 754 g/mol. The average molecular weight is 755 g/mol. The van der Waals surface area contributed by atoms with Crippen molar-refractivity contribution in [2.45, 2.75) is 137 Å². The third kappa shape index (κ3) is 12.3. The summed E-state index contributed by atoms with van der Waals surface area (Å²) >= 11 is 0. The number of hydrogen-bond donors (Lipinski definition) is 11. The average Bonchev–Trinajstić information content (AvgIpc) is 3.08. The lowest BCUT2D eigenvalue weighted by Crippen LogP contribution is -2.65. The van der Waals surface area contributed by atoms with Gasteiger partial charge in [-0.2, -0.15) is 0 Å². The molecule has 3 heterocycles. The molecule has 22 heteroatoms. The predicted octanol–water partition coefficient (Wildman–Crippen LogP) is -4.53. The van der Waals surface area contributed by atoms with E-state index in [0.29, 0.717) is 19.3 Å². The molecule has 0 saturated carbocycles. The van der Waals surface area contributed by atoms with Gasteiger partial charge in [-0.15, -0.1) is 0 Å². The number of hydrogen-bond acceptors (Lipinski definition) is 19. The van der Waals surface area contributed by atoms with E-state index in [0.717, 1.165) is 25.7 Å². The van der Waals surface area contributed by atoms with Crippen molar-refractivity contribution in [3.8, 4) is 0 Å². The van der Waals surface area contributed by atoms with Crippen molar-refractivity contribution in [1.82, 2.24) is 0 Å². The molecule has 0 unspecified atom stereocenters. The van der Waals surface area contributed by atoms with Crippen LogP contribution in [0.1, 0.15) is 44.9 Å². The number of rotatable bonds is 19. The van der Waals surface area contributed by atoms with E-state index in [1.165, 1.54) is 7.11 Å². The Morgan fingerprint density at radius 3 is 1.76 bits per heavy atom. The van der Waals surface area contributed by atoms with Crippen LogP contribution in [0.2, 0.25) is 0 Å². The number of phosphoric ester groups is 1. The summed E-state index contributed by atoms with van der Waals surface area (Å²) in [6.07, 6.45) is -21.0. The first kappa shape index (κ1) is 43.4. The summed E-state index contributed by atoms with van der Waals surface area (Å²) in [4.78, 5) is 29.4. The molecule has 11 N–H and O–H groups in total. The number of unbranched alkanes of at least 4 members (excludes halogenated alkanes) is 5. The summed E-state index contributed by atoms with van der Waals surface area (Å²) in [5.74, 6) is -0.263. The summed E-state index contributed by atoms with van der Waals surface area (Å²) in [6, 6.07) is 0. The smallest absolute Gasteiger partial charge is 0.469 e. The van der Waals surface area contributed by atoms with Crippen molar-refractivity contribution >= 4 is 13.8 Å². The van der Waals surface area contributed by atoms with Crippen LogP contribution in [0.3, 0.4) is 0 Å². The number of carbonyl (C=O) groups is 1.